The second-order valence-electron chi connectivity index (χ2n) is 4.17. The van der Waals surface area contributed by atoms with Gasteiger partial charge in [-0.2, -0.15) is 5.10 Å². The van der Waals surface area contributed by atoms with E-state index in [4.69, 9.17) is 0 Å². The quantitative estimate of drug-likeness (QED) is 0.866. The zero-order valence-corrected chi connectivity index (χ0v) is 11.9. The highest BCUT2D eigenvalue weighted by atomic mass is 32.1. The third-order valence-electron chi connectivity index (χ3n) is 2.74. The van der Waals surface area contributed by atoms with Crippen molar-refractivity contribution in [3.63, 3.8) is 0 Å². The number of nitrogens with zero attached hydrogens (tertiary/aromatic N) is 4. The van der Waals surface area contributed by atoms with Gasteiger partial charge in [0.1, 0.15) is 16.1 Å². The summed E-state index contributed by atoms with van der Waals surface area (Å²) in [6.07, 6.45) is 4.92. The Balaban J connectivity index is 1.83. The normalized spacial score (nSPS) is 12.3. The number of rotatable bonds is 6. The summed E-state index contributed by atoms with van der Waals surface area (Å²) in [5, 5.41) is 16.9. The van der Waals surface area contributed by atoms with Crippen LogP contribution in [0.4, 0.5) is 0 Å². The van der Waals surface area contributed by atoms with Crippen molar-refractivity contribution in [3.05, 3.63) is 28.5 Å². The van der Waals surface area contributed by atoms with Crippen molar-refractivity contribution in [2.45, 2.75) is 32.7 Å². The van der Waals surface area contributed by atoms with Crippen LogP contribution in [0.25, 0.3) is 0 Å². The lowest BCUT2D eigenvalue weighted by molar-refractivity contribution is -0.124. The summed E-state index contributed by atoms with van der Waals surface area (Å²) < 4.78 is 1.68. The van der Waals surface area contributed by atoms with E-state index in [1.54, 1.807) is 22.2 Å². The first kappa shape index (κ1) is 13.7. The molecular formula is C12H17N5OS. The van der Waals surface area contributed by atoms with E-state index in [-0.39, 0.29) is 11.9 Å². The molecule has 0 aliphatic rings. The number of aryl methyl sites for hydroxylation is 1. The lowest BCUT2D eigenvalue weighted by Gasteiger charge is -2.15. The molecule has 0 saturated carbocycles. The van der Waals surface area contributed by atoms with Crippen molar-refractivity contribution < 1.29 is 4.79 Å². The first-order chi connectivity index (χ1) is 9.20. The summed E-state index contributed by atoms with van der Waals surface area (Å²) in [5.74, 6) is -0.00700. The van der Waals surface area contributed by atoms with Crippen molar-refractivity contribution in [1.29, 1.82) is 0 Å². The molecule has 102 valence electrons. The molecule has 0 saturated heterocycles. The molecule has 19 heavy (non-hydrogen) atoms. The second-order valence-corrected chi connectivity index (χ2v) is 5.43. The summed E-state index contributed by atoms with van der Waals surface area (Å²) in [6.45, 7) is 4.47. The highest BCUT2D eigenvalue weighted by Crippen LogP contribution is 2.10. The molecule has 2 aromatic heterocycles. The minimum atomic E-state index is -0.244. The standard InChI is InChI=1S/C12H17N5OS/c1-3-10(17-8-4-6-14-17)12(18)13-7-5-11-16-15-9(2)19-11/h4,6,8,10H,3,5,7H2,1-2H3,(H,13,18). The van der Waals surface area contributed by atoms with Crippen LogP contribution in [0.3, 0.4) is 0 Å². The van der Waals surface area contributed by atoms with Gasteiger partial charge >= 0.3 is 0 Å². The van der Waals surface area contributed by atoms with Crippen LogP contribution < -0.4 is 5.32 Å². The van der Waals surface area contributed by atoms with Crippen LogP contribution in [-0.4, -0.2) is 32.4 Å². The Morgan fingerprint density at radius 3 is 2.95 bits per heavy atom. The van der Waals surface area contributed by atoms with E-state index in [9.17, 15) is 4.79 Å². The highest BCUT2D eigenvalue weighted by Gasteiger charge is 2.17. The minimum absolute atomic E-state index is 0.00700. The van der Waals surface area contributed by atoms with Gasteiger partial charge in [-0.1, -0.05) is 6.92 Å². The third kappa shape index (κ3) is 3.60. The third-order valence-corrected chi connectivity index (χ3v) is 3.64. The van der Waals surface area contributed by atoms with Crippen molar-refractivity contribution in [1.82, 2.24) is 25.3 Å². The average Bonchev–Trinajstić information content (AvgIpc) is 3.02. The van der Waals surface area contributed by atoms with Gasteiger partial charge in [-0.3, -0.25) is 9.48 Å². The van der Waals surface area contributed by atoms with Gasteiger partial charge in [0, 0.05) is 25.4 Å². The van der Waals surface area contributed by atoms with Crippen molar-refractivity contribution in [2.24, 2.45) is 0 Å². The molecule has 7 heteroatoms. The maximum Gasteiger partial charge on any atom is 0.244 e. The first-order valence-electron chi connectivity index (χ1n) is 6.26. The van der Waals surface area contributed by atoms with Crippen molar-refractivity contribution >= 4 is 17.2 Å². The summed E-state index contributed by atoms with van der Waals surface area (Å²) in [6, 6.07) is 1.58. The largest absolute Gasteiger partial charge is 0.354 e. The topological polar surface area (TPSA) is 72.7 Å². The lowest BCUT2D eigenvalue weighted by atomic mass is 10.2. The molecule has 1 N–H and O–H groups in total. The van der Waals surface area contributed by atoms with Gasteiger partial charge in [-0.25, -0.2) is 0 Å². The number of carbonyl (C=O) groups is 1. The summed E-state index contributed by atoms with van der Waals surface area (Å²) in [4.78, 5) is 12.1. The van der Waals surface area contributed by atoms with Gasteiger partial charge < -0.3 is 5.32 Å². The summed E-state index contributed by atoms with van der Waals surface area (Å²) >= 11 is 1.56. The van der Waals surface area contributed by atoms with E-state index in [0.29, 0.717) is 19.4 Å². The van der Waals surface area contributed by atoms with Gasteiger partial charge in [-0.15, -0.1) is 21.5 Å². The Hall–Kier alpha value is -1.76. The molecule has 0 aliphatic heterocycles. The van der Waals surface area contributed by atoms with Gasteiger partial charge in [-0.05, 0) is 19.4 Å². The van der Waals surface area contributed by atoms with Crippen LogP contribution >= 0.6 is 11.3 Å². The fraction of sp³-hybridized carbons (Fsp3) is 0.500. The maximum atomic E-state index is 12.1. The number of amides is 1. The van der Waals surface area contributed by atoms with E-state index >= 15 is 0 Å². The molecule has 1 unspecified atom stereocenters. The Morgan fingerprint density at radius 1 is 1.53 bits per heavy atom. The molecule has 1 amide bonds. The Morgan fingerprint density at radius 2 is 2.37 bits per heavy atom. The van der Waals surface area contributed by atoms with Gasteiger partial charge in [0.15, 0.2) is 0 Å². The lowest BCUT2D eigenvalue weighted by Crippen LogP contribution is -2.33. The molecule has 0 aliphatic carbocycles. The SMILES string of the molecule is CCC(C(=O)NCCc1nnc(C)s1)n1cccn1. The molecule has 0 bridgehead atoms. The molecule has 0 radical (unpaired) electrons. The van der Waals surface area contributed by atoms with Crippen molar-refractivity contribution in [3.8, 4) is 0 Å². The Kier molecular flexibility index (Phi) is 4.62. The monoisotopic (exact) mass is 279 g/mol. The molecule has 1 atom stereocenters. The summed E-state index contributed by atoms with van der Waals surface area (Å²) in [7, 11) is 0. The first-order valence-corrected chi connectivity index (χ1v) is 7.08. The number of carbonyl (C=O) groups excluding carboxylic acids is 1. The van der Waals surface area contributed by atoms with Crippen LogP contribution in [0.1, 0.15) is 29.4 Å². The van der Waals surface area contributed by atoms with Gasteiger partial charge in [0.05, 0.1) is 0 Å². The summed E-state index contributed by atoms with van der Waals surface area (Å²) in [5.41, 5.74) is 0. The fourth-order valence-corrected chi connectivity index (χ4v) is 2.51. The predicted octanol–water partition coefficient (Wildman–Crippen LogP) is 1.35. The number of hydrogen-bond acceptors (Lipinski definition) is 5. The van der Waals surface area contributed by atoms with Crippen LogP contribution in [-0.2, 0) is 11.2 Å². The Bertz CT molecular complexity index is 522. The molecule has 0 fully saturated rings. The number of aromatic nitrogens is 4. The van der Waals surface area contributed by atoms with E-state index in [0.717, 1.165) is 10.0 Å². The van der Waals surface area contributed by atoms with Crippen molar-refractivity contribution in [2.75, 3.05) is 6.54 Å². The van der Waals surface area contributed by atoms with Crippen LogP contribution in [0.2, 0.25) is 0 Å². The van der Waals surface area contributed by atoms with Crippen LogP contribution in [0.5, 0.6) is 0 Å². The van der Waals surface area contributed by atoms with E-state index in [2.05, 4.69) is 20.6 Å². The molecule has 2 aromatic rings. The Labute approximate surface area is 115 Å². The molecular weight excluding hydrogens is 262 g/mol. The molecule has 0 spiro atoms. The molecule has 2 rings (SSSR count). The van der Waals surface area contributed by atoms with E-state index in [1.807, 2.05) is 26.1 Å². The van der Waals surface area contributed by atoms with Crippen LogP contribution in [0, 0.1) is 6.92 Å². The molecule has 6 nitrogen and oxygen atoms in total. The smallest absolute Gasteiger partial charge is 0.244 e. The second kappa shape index (κ2) is 6.42. The average molecular weight is 279 g/mol. The number of hydrogen-bond donors (Lipinski definition) is 1. The van der Waals surface area contributed by atoms with Gasteiger partial charge in [0.2, 0.25) is 5.91 Å². The van der Waals surface area contributed by atoms with E-state index in [1.165, 1.54) is 0 Å². The predicted molar refractivity (Wildman–Crippen MR) is 72.9 cm³/mol. The molecule has 2 heterocycles. The zero-order chi connectivity index (χ0) is 13.7. The highest BCUT2D eigenvalue weighted by molar-refractivity contribution is 7.11. The maximum absolute atomic E-state index is 12.1. The van der Waals surface area contributed by atoms with E-state index < -0.39 is 0 Å². The van der Waals surface area contributed by atoms with Gasteiger partial charge in [0.25, 0.3) is 0 Å². The number of nitrogens with one attached hydrogen (secondary N) is 1. The molecule has 0 aromatic carbocycles. The fourth-order valence-electron chi connectivity index (χ4n) is 1.81. The zero-order valence-electron chi connectivity index (χ0n) is 11.0. The minimum Gasteiger partial charge on any atom is -0.354 e. The van der Waals surface area contributed by atoms with Crippen LogP contribution in [0.15, 0.2) is 18.5 Å².